The molecule has 0 bridgehead atoms. The van der Waals surface area contributed by atoms with E-state index in [1.807, 2.05) is 0 Å². The first-order chi connectivity index (χ1) is 9.50. The molecule has 1 aliphatic heterocycles. The SMILES string of the molecule is O=C1/C(=C\c2ccc(Br)cc2)S(=O)(=O)c2ccccc21. The average Bonchev–Trinajstić information content (AvgIpc) is 2.63. The van der Waals surface area contributed by atoms with Crippen molar-refractivity contribution in [2.75, 3.05) is 0 Å². The van der Waals surface area contributed by atoms with Gasteiger partial charge in [-0.1, -0.05) is 40.2 Å². The van der Waals surface area contributed by atoms with Crippen LogP contribution in [-0.2, 0) is 9.84 Å². The molecule has 0 amide bonds. The van der Waals surface area contributed by atoms with Crippen molar-refractivity contribution in [1.82, 2.24) is 0 Å². The van der Waals surface area contributed by atoms with Crippen molar-refractivity contribution in [3.05, 3.63) is 69.0 Å². The summed E-state index contributed by atoms with van der Waals surface area (Å²) in [6.45, 7) is 0. The number of carbonyl (C=O) groups is 1. The average molecular weight is 349 g/mol. The minimum Gasteiger partial charge on any atom is -0.288 e. The van der Waals surface area contributed by atoms with Crippen LogP contribution in [0.15, 0.2) is 62.8 Å². The highest BCUT2D eigenvalue weighted by Crippen LogP contribution is 2.34. The summed E-state index contributed by atoms with van der Waals surface area (Å²) >= 11 is 3.31. The summed E-state index contributed by atoms with van der Waals surface area (Å²) in [5.41, 5.74) is 0.920. The number of halogens is 1. The Morgan fingerprint density at radius 1 is 0.950 bits per heavy atom. The molecule has 0 fully saturated rings. The van der Waals surface area contributed by atoms with E-state index in [2.05, 4.69) is 15.9 Å². The Hall–Kier alpha value is -1.72. The Balaban J connectivity index is 2.17. The van der Waals surface area contributed by atoms with Crippen LogP contribution in [0.1, 0.15) is 15.9 Å². The van der Waals surface area contributed by atoms with E-state index in [1.165, 1.54) is 18.2 Å². The molecule has 2 aromatic rings. The summed E-state index contributed by atoms with van der Waals surface area (Å²) in [7, 11) is -3.70. The van der Waals surface area contributed by atoms with Crippen LogP contribution < -0.4 is 0 Å². The van der Waals surface area contributed by atoms with Crippen LogP contribution in [0.2, 0.25) is 0 Å². The van der Waals surface area contributed by atoms with Gasteiger partial charge in [-0.25, -0.2) is 8.42 Å². The second kappa shape index (κ2) is 4.68. The van der Waals surface area contributed by atoms with Gasteiger partial charge in [0, 0.05) is 10.0 Å². The Bertz CT molecular complexity index is 834. The molecule has 1 heterocycles. The molecule has 0 N–H and O–H groups in total. The zero-order valence-electron chi connectivity index (χ0n) is 10.2. The van der Waals surface area contributed by atoms with E-state index in [9.17, 15) is 13.2 Å². The first-order valence-corrected chi connectivity index (χ1v) is 8.14. The maximum Gasteiger partial charge on any atom is 0.211 e. The lowest BCUT2D eigenvalue weighted by Crippen LogP contribution is -2.01. The molecule has 1 aliphatic rings. The summed E-state index contributed by atoms with van der Waals surface area (Å²) in [6.07, 6.45) is 1.42. The predicted octanol–water partition coefficient (Wildman–Crippen LogP) is 3.46. The van der Waals surface area contributed by atoms with Gasteiger partial charge in [0.25, 0.3) is 0 Å². The number of carbonyl (C=O) groups excluding carboxylic acids is 1. The monoisotopic (exact) mass is 348 g/mol. The van der Waals surface area contributed by atoms with Gasteiger partial charge >= 0.3 is 0 Å². The molecule has 2 aromatic carbocycles. The van der Waals surface area contributed by atoms with E-state index >= 15 is 0 Å². The molecule has 0 unspecified atom stereocenters. The standard InChI is InChI=1S/C15H9BrO3S/c16-11-7-5-10(6-8-11)9-14-15(17)12-3-1-2-4-13(12)20(14,18)19/h1-9H/b14-9+. The predicted molar refractivity (Wildman–Crippen MR) is 80.1 cm³/mol. The topological polar surface area (TPSA) is 51.2 Å². The maximum absolute atomic E-state index is 12.4. The van der Waals surface area contributed by atoms with Gasteiger partial charge in [0.2, 0.25) is 15.6 Å². The largest absolute Gasteiger partial charge is 0.288 e. The lowest BCUT2D eigenvalue weighted by molar-refractivity contribution is 0.104. The molecule has 0 spiro atoms. The third kappa shape index (κ3) is 2.03. The van der Waals surface area contributed by atoms with E-state index in [0.29, 0.717) is 5.56 Å². The molecular weight excluding hydrogens is 340 g/mol. The number of sulfone groups is 1. The van der Waals surface area contributed by atoms with E-state index in [0.717, 1.165) is 4.47 Å². The first-order valence-electron chi connectivity index (χ1n) is 5.86. The van der Waals surface area contributed by atoms with E-state index in [-0.39, 0.29) is 15.4 Å². The Morgan fingerprint density at radius 2 is 1.60 bits per heavy atom. The molecule has 5 heteroatoms. The summed E-state index contributed by atoms with van der Waals surface area (Å²) in [5.74, 6) is -0.441. The van der Waals surface area contributed by atoms with Gasteiger partial charge in [0.15, 0.2) is 0 Å². The van der Waals surface area contributed by atoms with E-state index in [4.69, 9.17) is 0 Å². The van der Waals surface area contributed by atoms with Crippen LogP contribution in [0.4, 0.5) is 0 Å². The minimum absolute atomic E-state index is 0.0911. The van der Waals surface area contributed by atoms with Crippen molar-refractivity contribution in [2.45, 2.75) is 4.90 Å². The normalized spacial score (nSPS) is 18.2. The van der Waals surface area contributed by atoms with Crippen LogP contribution in [0.3, 0.4) is 0 Å². The Labute approximate surface area is 125 Å². The molecule has 0 aromatic heterocycles. The molecule has 100 valence electrons. The minimum atomic E-state index is -3.70. The molecule has 0 atom stereocenters. The van der Waals surface area contributed by atoms with Gasteiger partial charge in [-0.05, 0) is 35.9 Å². The Kier molecular flexibility index (Phi) is 3.11. The third-order valence-electron chi connectivity index (χ3n) is 3.10. The summed E-state index contributed by atoms with van der Waals surface area (Å²) in [4.78, 5) is 12.2. The van der Waals surface area contributed by atoms with Crippen molar-refractivity contribution in [1.29, 1.82) is 0 Å². The lowest BCUT2D eigenvalue weighted by atomic mass is 10.1. The third-order valence-corrected chi connectivity index (χ3v) is 5.45. The number of benzene rings is 2. The maximum atomic E-state index is 12.4. The summed E-state index contributed by atoms with van der Waals surface area (Å²) in [5, 5.41) is 0. The number of hydrogen-bond donors (Lipinski definition) is 0. The molecular formula is C15H9BrO3S. The van der Waals surface area contributed by atoms with Gasteiger partial charge in [-0.15, -0.1) is 0 Å². The van der Waals surface area contributed by atoms with E-state index < -0.39 is 15.6 Å². The van der Waals surface area contributed by atoms with Gasteiger partial charge in [-0.3, -0.25) is 4.79 Å². The van der Waals surface area contributed by atoms with Crippen molar-refractivity contribution >= 4 is 37.6 Å². The molecule has 0 saturated carbocycles. The number of ketones is 1. The van der Waals surface area contributed by atoms with Crippen molar-refractivity contribution in [3.8, 4) is 0 Å². The number of hydrogen-bond acceptors (Lipinski definition) is 3. The fourth-order valence-corrected chi connectivity index (χ4v) is 3.97. The fraction of sp³-hybridized carbons (Fsp3) is 0. The van der Waals surface area contributed by atoms with Crippen LogP contribution in [0.25, 0.3) is 6.08 Å². The van der Waals surface area contributed by atoms with Crippen LogP contribution in [0.5, 0.6) is 0 Å². The smallest absolute Gasteiger partial charge is 0.211 e. The molecule has 0 saturated heterocycles. The van der Waals surface area contributed by atoms with Crippen molar-refractivity contribution in [3.63, 3.8) is 0 Å². The van der Waals surface area contributed by atoms with Crippen molar-refractivity contribution in [2.24, 2.45) is 0 Å². The molecule has 0 aliphatic carbocycles. The molecule has 3 rings (SSSR count). The first kappa shape index (κ1) is 13.3. The van der Waals surface area contributed by atoms with Crippen molar-refractivity contribution < 1.29 is 13.2 Å². The second-order valence-electron chi connectivity index (χ2n) is 4.39. The quantitative estimate of drug-likeness (QED) is 0.741. The van der Waals surface area contributed by atoms with Crippen LogP contribution in [-0.4, -0.2) is 14.2 Å². The fourth-order valence-electron chi connectivity index (χ4n) is 2.12. The highest BCUT2D eigenvalue weighted by Gasteiger charge is 2.38. The second-order valence-corrected chi connectivity index (χ2v) is 7.19. The molecule has 3 nitrogen and oxygen atoms in total. The van der Waals surface area contributed by atoms with Crippen LogP contribution in [0, 0.1) is 0 Å². The summed E-state index contributed by atoms with van der Waals surface area (Å²) in [6, 6.07) is 13.4. The van der Waals surface area contributed by atoms with Gasteiger partial charge in [0.1, 0.15) is 4.91 Å². The van der Waals surface area contributed by atoms with Gasteiger partial charge in [-0.2, -0.15) is 0 Å². The zero-order valence-corrected chi connectivity index (χ0v) is 12.6. The number of rotatable bonds is 1. The highest BCUT2D eigenvalue weighted by atomic mass is 79.9. The number of Topliss-reactive ketones (excluding diaryl/α,β-unsaturated/α-hetero) is 1. The Morgan fingerprint density at radius 3 is 2.25 bits per heavy atom. The summed E-state index contributed by atoms with van der Waals surface area (Å²) < 4.78 is 25.6. The lowest BCUT2D eigenvalue weighted by Gasteiger charge is -1.98. The zero-order chi connectivity index (χ0) is 14.3. The van der Waals surface area contributed by atoms with E-state index in [1.54, 1.807) is 36.4 Å². The van der Waals surface area contributed by atoms with Gasteiger partial charge < -0.3 is 0 Å². The van der Waals surface area contributed by atoms with Crippen LogP contribution >= 0.6 is 15.9 Å². The number of allylic oxidation sites excluding steroid dienone is 1. The van der Waals surface area contributed by atoms with Gasteiger partial charge in [0.05, 0.1) is 4.90 Å². The molecule has 0 radical (unpaired) electrons. The molecule has 20 heavy (non-hydrogen) atoms. The number of fused-ring (bicyclic) bond motifs is 1. The highest BCUT2D eigenvalue weighted by molar-refractivity contribution is 9.10.